The van der Waals surface area contributed by atoms with Crippen molar-refractivity contribution in [1.82, 2.24) is 0 Å². The third-order valence-corrected chi connectivity index (χ3v) is 9.87. The summed E-state index contributed by atoms with van der Waals surface area (Å²) in [6.07, 6.45) is 32.5. The molecular weight excluding hydrogens is 625 g/mol. The fraction of sp³-hybridized carbons (Fsp3) is 0.974. The molecule has 0 N–H and O–H groups in total. The first-order valence-corrected chi connectivity index (χ1v) is 21.7. The van der Waals surface area contributed by atoms with Crippen molar-refractivity contribution in [2.45, 2.75) is 193 Å². The highest BCUT2D eigenvalue weighted by molar-refractivity contribution is 7.45. The molecule has 0 aromatic carbocycles. The highest BCUT2D eigenvalue weighted by Crippen LogP contribution is 2.38. The standard InChI is InChI=1S/C39H80NO7P/c1-6-8-10-12-14-16-17-18-19-20-21-22-23-25-27-29-31-34-44-36-38(37-46-48(42,43)45-35-33-40(3,4)5)47-39(41)32-30-28-26-24-15-13-11-9-7-2/h38H,6-37H2,1-5H3. The Morgan fingerprint density at radius 2 is 0.958 bits per heavy atom. The van der Waals surface area contributed by atoms with E-state index in [0.29, 0.717) is 24.1 Å². The molecule has 0 saturated heterocycles. The minimum absolute atomic E-state index is 0.0309. The lowest BCUT2D eigenvalue weighted by Crippen LogP contribution is -2.37. The van der Waals surface area contributed by atoms with Crippen LogP contribution in [0, 0.1) is 0 Å². The Morgan fingerprint density at radius 3 is 1.38 bits per heavy atom. The lowest BCUT2D eigenvalue weighted by Gasteiger charge is -2.28. The first-order valence-electron chi connectivity index (χ1n) is 20.3. The molecule has 9 heteroatoms. The maximum Gasteiger partial charge on any atom is 0.306 e. The molecule has 0 aromatic rings. The monoisotopic (exact) mass is 706 g/mol. The molecule has 0 amide bonds. The lowest BCUT2D eigenvalue weighted by molar-refractivity contribution is -0.870. The van der Waals surface area contributed by atoms with E-state index in [1.54, 1.807) is 0 Å². The summed E-state index contributed by atoms with van der Waals surface area (Å²) in [6, 6.07) is 0. The number of hydrogen-bond acceptors (Lipinski definition) is 7. The zero-order valence-electron chi connectivity index (χ0n) is 32.5. The first-order chi connectivity index (χ1) is 23.1. The molecule has 2 atom stereocenters. The number of hydrogen-bond donors (Lipinski definition) is 0. The van der Waals surface area contributed by atoms with Gasteiger partial charge in [0, 0.05) is 13.0 Å². The van der Waals surface area contributed by atoms with Gasteiger partial charge < -0.3 is 27.9 Å². The number of carbonyl (C=O) groups is 1. The van der Waals surface area contributed by atoms with Gasteiger partial charge in [-0.1, -0.05) is 168 Å². The Kier molecular flexibility index (Phi) is 33.3. The molecule has 0 saturated carbocycles. The number of rotatable bonds is 38. The first kappa shape index (κ1) is 47.5. The van der Waals surface area contributed by atoms with Gasteiger partial charge >= 0.3 is 5.97 Å². The third-order valence-electron chi connectivity index (χ3n) is 8.91. The molecule has 0 aromatic heterocycles. The number of phosphoric ester groups is 1. The van der Waals surface area contributed by atoms with E-state index in [-0.39, 0.29) is 25.8 Å². The third kappa shape index (κ3) is 36.8. The zero-order chi connectivity index (χ0) is 35.6. The summed E-state index contributed by atoms with van der Waals surface area (Å²) < 4.78 is 34.4. The smallest absolute Gasteiger partial charge is 0.306 e. The number of quaternary nitrogens is 1. The molecule has 288 valence electrons. The Labute approximate surface area is 298 Å². The number of nitrogens with zero attached hydrogens (tertiary/aromatic N) is 1. The van der Waals surface area contributed by atoms with Crippen molar-refractivity contribution in [2.75, 3.05) is 54.1 Å². The second kappa shape index (κ2) is 33.6. The van der Waals surface area contributed by atoms with Crippen LogP contribution in [0.4, 0.5) is 0 Å². The van der Waals surface area contributed by atoms with Gasteiger partial charge in [0.1, 0.15) is 19.3 Å². The highest BCUT2D eigenvalue weighted by Gasteiger charge is 2.20. The van der Waals surface area contributed by atoms with Gasteiger partial charge in [-0.25, -0.2) is 0 Å². The van der Waals surface area contributed by atoms with Gasteiger partial charge in [0.05, 0.1) is 34.4 Å². The van der Waals surface area contributed by atoms with Crippen molar-refractivity contribution in [3.8, 4) is 0 Å². The van der Waals surface area contributed by atoms with E-state index in [1.165, 1.54) is 135 Å². The van der Waals surface area contributed by atoms with E-state index >= 15 is 0 Å². The Hall–Kier alpha value is -0.500. The van der Waals surface area contributed by atoms with Gasteiger partial charge in [0.25, 0.3) is 7.82 Å². The van der Waals surface area contributed by atoms with Crippen LogP contribution < -0.4 is 4.89 Å². The molecule has 0 aliphatic carbocycles. The number of ether oxygens (including phenoxy) is 2. The molecule has 0 bridgehead atoms. The average molecular weight is 706 g/mol. The van der Waals surface area contributed by atoms with Crippen molar-refractivity contribution < 1.29 is 37.3 Å². The normalized spacial score (nSPS) is 13.9. The molecule has 8 nitrogen and oxygen atoms in total. The van der Waals surface area contributed by atoms with Gasteiger partial charge in [-0.3, -0.25) is 9.36 Å². The van der Waals surface area contributed by atoms with Crippen LogP contribution in [0.15, 0.2) is 0 Å². The van der Waals surface area contributed by atoms with E-state index < -0.39 is 13.9 Å². The minimum atomic E-state index is -4.51. The second-order valence-electron chi connectivity index (χ2n) is 15.0. The number of unbranched alkanes of at least 4 members (excludes halogenated alkanes) is 24. The SMILES string of the molecule is CCCCCCCCCCCCCCCCCCCOCC(COP(=O)([O-])OCC[N+](C)(C)C)OC(=O)CCCCCCCCCCC. The van der Waals surface area contributed by atoms with Gasteiger partial charge in [0.2, 0.25) is 0 Å². The fourth-order valence-electron chi connectivity index (χ4n) is 5.72. The van der Waals surface area contributed by atoms with Crippen LogP contribution in [0.5, 0.6) is 0 Å². The van der Waals surface area contributed by atoms with Crippen molar-refractivity contribution in [3.63, 3.8) is 0 Å². The highest BCUT2D eigenvalue weighted by atomic mass is 31.2. The summed E-state index contributed by atoms with van der Waals surface area (Å²) in [5.41, 5.74) is 0. The maximum atomic E-state index is 12.6. The Morgan fingerprint density at radius 1 is 0.562 bits per heavy atom. The van der Waals surface area contributed by atoms with Gasteiger partial charge in [-0.15, -0.1) is 0 Å². The van der Waals surface area contributed by atoms with Gasteiger partial charge in [-0.05, 0) is 12.8 Å². The quantitative estimate of drug-likeness (QED) is 0.0273. The maximum absolute atomic E-state index is 12.6. The van der Waals surface area contributed by atoms with Crippen LogP contribution in [0.1, 0.15) is 187 Å². The lowest BCUT2D eigenvalue weighted by atomic mass is 10.0. The predicted molar refractivity (Wildman–Crippen MR) is 199 cm³/mol. The average Bonchev–Trinajstić information content (AvgIpc) is 3.03. The van der Waals surface area contributed by atoms with E-state index in [0.717, 1.165) is 32.1 Å². The van der Waals surface area contributed by atoms with E-state index in [9.17, 15) is 14.3 Å². The Balaban J connectivity index is 4.15. The number of esters is 1. The molecule has 0 heterocycles. The van der Waals surface area contributed by atoms with Crippen molar-refractivity contribution in [1.29, 1.82) is 0 Å². The van der Waals surface area contributed by atoms with Crippen LogP contribution in [-0.2, 0) is 27.9 Å². The fourth-order valence-corrected chi connectivity index (χ4v) is 6.45. The molecule has 0 spiro atoms. The molecular formula is C39H80NO7P. The number of carbonyl (C=O) groups excluding carboxylic acids is 1. The summed E-state index contributed by atoms with van der Waals surface area (Å²) >= 11 is 0. The molecule has 0 fully saturated rings. The second-order valence-corrected chi connectivity index (χ2v) is 16.4. The molecule has 0 radical (unpaired) electrons. The molecule has 0 aliphatic heterocycles. The summed E-state index contributed by atoms with van der Waals surface area (Å²) in [6.45, 7) is 5.43. The van der Waals surface area contributed by atoms with Crippen LogP contribution in [0.2, 0.25) is 0 Å². The molecule has 0 aliphatic rings. The Bertz CT molecular complexity index is 746. The van der Waals surface area contributed by atoms with Crippen molar-refractivity contribution >= 4 is 13.8 Å². The van der Waals surface area contributed by atoms with Gasteiger partial charge in [-0.2, -0.15) is 0 Å². The number of phosphoric acid groups is 1. The minimum Gasteiger partial charge on any atom is -0.756 e. The van der Waals surface area contributed by atoms with Gasteiger partial charge in [0.15, 0.2) is 0 Å². The number of likely N-dealkylation sites (N-methyl/N-ethyl adjacent to an activating group) is 1. The van der Waals surface area contributed by atoms with Crippen LogP contribution in [0.25, 0.3) is 0 Å². The summed E-state index contributed by atoms with van der Waals surface area (Å²) in [7, 11) is 1.37. The van der Waals surface area contributed by atoms with Crippen molar-refractivity contribution in [2.24, 2.45) is 0 Å². The topological polar surface area (TPSA) is 94.1 Å². The van der Waals surface area contributed by atoms with Crippen molar-refractivity contribution in [3.05, 3.63) is 0 Å². The van der Waals surface area contributed by atoms with Crippen LogP contribution in [0.3, 0.4) is 0 Å². The van der Waals surface area contributed by atoms with E-state index in [2.05, 4.69) is 13.8 Å². The van der Waals surface area contributed by atoms with E-state index in [4.69, 9.17) is 18.5 Å². The largest absolute Gasteiger partial charge is 0.756 e. The van der Waals surface area contributed by atoms with Crippen LogP contribution in [-0.4, -0.2) is 70.7 Å². The predicted octanol–water partition coefficient (Wildman–Crippen LogP) is 10.7. The summed E-state index contributed by atoms with van der Waals surface area (Å²) in [5, 5.41) is 0. The summed E-state index contributed by atoms with van der Waals surface area (Å²) in [4.78, 5) is 24.9. The zero-order valence-corrected chi connectivity index (χ0v) is 33.4. The summed E-state index contributed by atoms with van der Waals surface area (Å²) in [5.74, 6) is -0.334. The molecule has 48 heavy (non-hydrogen) atoms. The molecule has 2 unspecified atom stereocenters. The van der Waals surface area contributed by atoms with Crippen LogP contribution >= 0.6 is 7.82 Å². The molecule has 0 rings (SSSR count). The van der Waals surface area contributed by atoms with E-state index in [1.807, 2.05) is 21.1 Å².